The quantitative estimate of drug-likeness (QED) is 0.233. The van der Waals surface area contributed by atoms with Crippen molar-refractivity contribution in [3.05, 3.63) is 83.9 Å². The zero-order valence-electron chi connectivity index (χ0n) is 18.4. The Morgan fingerprint density at radius 1 is 0.935 bits per heavy atom. The molecule has 0 fully saturated rings. The van der Waals surface area contributed by atoms with Gasteiger partial charge in [0.15, 0.2) is 5.96 Å². The number of hydrogen-bond acceptors (Lipinski definition) is 3. The van der Waals surface area contributed by atoms with Gasteiger partial charge < -0.3 is 15.2 Å². The van der Waals surface area contributed by atoms with Crippen LogP contribution >= 0.6 is 24.0 Å². The van der Waals surface area contributed by atoms with E-state index in [9.17, 15) is 0 Å². The first-order valence-electron chi connectivity index (χ1n) is 10.8. The lowest BCUT2D eigenvalue weighted by molar-refractivity contribution is 0.630. The van der Waals surface area contributed by atoms with Crippen LogP contribution in [-0.4, -0.2) is 40.4 Å². The maximum Gasteiger partial charge on any atom is 0.191 e. The summed E-state index contributed by atoms with van der Waals surface area (Å²) in [6, 6.07) is 21.2. The molecule has 0 saturated carbocycles. The van der Waals surface area contributed by atoms with Gasteiger partial charge >= 0.3 is 0 Å². The fourth-order valence-corrected chi connectivity index (χ4v) is 3.41. The van der Waals surface area contributed by atoms with E-state index in [2.05, 4.69) is 99.9 Å². The van der Waals surface area contributed by atoms with Gasteiger partial charge in [-0.15, -0.1) is 34.2 Å². The first-order valence-corrected chi connectivity index (χ1v) is 10.8. The van der Waals surface area contributed by atoms with Crippen LogP contribution in [0.4, 0.5) is 0 Å². The molecule has 2 N–H and O–H groups in total. The minimum absolute atomic E-state index is 0. The van der Waals surface area contributed by atoms with Crippen molar-refractivity contribution >= 4 is 29.9 Å². The van der Waals surface area contributed by atoms with Crippen LogP contribution in [0.5, 0.6) is 0 Å². The topological polar surface area (TPSA) is 67.1 Å². The lowest BCUT2D eigenvalue weighted by Crippen LogP contribution is -2.39. The van der Waals surface area contributed by atoms with Gasteiger partial charge in [0, 0.05) is 32.0 Å². The Morgan fingerprint density at radius 2 is 1.55 bits per heavy atom. The number of nitrogens with one attached hydrogen (secondary N) is 2. The summed E-state index contributed by atoms with van der Waals surface area (Å²) in [7, 11) is 0. The van der Waals surface area contributed by atoms with Gasteiger partial charge in [0.25, 0.3) is 0 Å². The Balaban J connectivity index is 0.00000341. The Kier molecular flexibility index (Phi) is 11.1. The number of hydrogen-bond donors (Lipinski definition) is 2. The zero-order chi connectivity index (χ0) is 21.0. The number of halogens is 1. The number of aromatic nitrogens is 3. The molecule has 0 aliphatic heterocycles. The highest BCUT2D eigenvalue weighted by Crippen LogP contribution is 2.24. The van der Waals surface area contributed by atoms with Crippen LogP contribution in [-0.2, 0) is 13.0 Å². The lowest BCUT2D eigenvalue weighted by Gasteiger charge is -2.18. The average molecular weight is 532 g/mol. The molecule has 0 atom stereocenters. The molecule has 3 aromatic rings. The summed E-state index contributed by atoms with van der Waals surface area (Å²) in [6.07, 6.45) is 3.72. The average Bonchev–Trinajstić information content (AvgIpc) is 3.26. The Labute approximate surface area is 202 Å². The molecule has 0 aliphatic rings. The molecule has 6 nitrogen and oxygen atoms in total. The fraction of sp³-hybridized carbons (Fsp3) is 0.375. The summed E-state index contributed by atoms with van der Waals surface area (Å²) in [5.41, 5.74) is 2.55. The Bertz CT molecular complexity index is 855. The van der Waals surface area contributed by atoms with E-state index >= 15 is 0 Å². The number of aryl methyl sites for hydroxylation is 1. The normalized spacial score (nSPS) is 11.3. The standard InChI is InChI=1S/C24H32N6.HI/c1-3-15-25-24(26-16-17-30-19-28-29-23(30)4-2)27-18-22(20-11-7-5-8-12-20)21-13-9-6-10-14-21;/h5-14,19,22H,3-4,15-18H2,1-2H3,(H2,25,26,27);1H. The van der Waals surface area contributed by atoms with Crippen molar-refractivity contribution in [2.45, 2.75) is 39.2 Å². The highest BCUT2D eigenvalue weighted by molar-refractivity contribution is 14.0. The second-order valence-electron chi connectivity index (χ2n) is 7.21. The van der Waals surface area contributed by atoms with Gasteiger partial charge in [0.1, 0.15) is 12.2 Å². The summed E-state index contributed by atoms with van der Waals surface area (Å²) >= 11 is 0. The number of guanidine groups is 1. The fourth-order valence-electron chi connectivity index (χ4n) is 3.41. The Hall–Kier alpha value is -2.42. The zero-order valence-corrected chi connectivity index (χ0v) is 20.7. The molecule has 0 amide bonds. The first kappa shape index (κ1) is 24.8. The second-order valence-corrected chi connectivity index (χ2v) is 7.21. The summed E-state index contributed by atoms with van der Waals surface area (Å²) < 4.78 is 2.08. The number of rotatable bonds is 10. The maximum absolute atomic E-state index is 4.93. The molecule has 3 rings (SSSR count). The predicted molar refractivity (Wildman–Crippen MR) is 138 cm³/mol. The lowest BCUT2D eigenvalue weighted by atomic mass is 9.91. The molecular weight excluding hydrogens is 499 g/mol. The minimum atomic E-state index is 0. The molecule has 0 radical (unpaired) electrons. The molecule has 0 aliphatic carbocycles. The molecule has 31 heavy (non-hydrogen) atoms. The van der Waals surface area contributed by atoms with E-state index < -0.39 is 0 Å². The van der Waals surface area contributed by atoms with Gasteiger partial charge in [-0.2, -0.15) is 0 Å². The molecule has 0 saturated heterocycles. The molecule has 1 heterocycles. The highest BCUT2D eigenvalue weighted by atomic mass is 127. The highest BCUT2D eigenvalue weighted by Gasteiger charge is 2.14. The van der Waals surface area contributed by atoms with Crippen LogP contribution in [0.25, 0.3) is 0 Å². The molecule has 166 valence electrons. The smallest absolute Gasteiger partial charge is 0.191 e. The van der Waals surface area contributed by atoms with Gasteiger partial charge in [-0.05, 0) is 17.5 Å². The van der Waals surface area contributed by atoms with E-state index in [-0.39, 0.29) is 29.9 Å². The van der Waals surface area contributed by atoms with Crippen LogP contribution in [0.1, 0.15) is 43.1 Å². The molecule has 7 heteroatoms. The van der Waals surface area contributed by atoms with Crippen LogP contribution in [0.3, 0.4) is 0 Å². The van der Waals surface area contributed by atoms with Crippen molar-refractivity contribution in [1.82, 2.24) is 25.4 Å². The van der Waals surface area contributed by atoms with Crippen molar-refractivity contribution in [3.63, 3.8) is 0 Å². The summed E-state index contributed by atoms with van der Waals surface area (Å²) in [4.78, 5) is 4.93. The number of benzene rings is 2. The van der Waals surface area contributed by atoms with E-state index in [0.29, 0.717) is 6.54 Å². The Morgan fingerprint density at radius 3 is 2.13 bits per heavy atom. The third kappa shape index (κ3) is 7.65. The van der Waals surface area contributed by atoms with Crippen molar-refractivity contribution in [1.29, 1.82) is 0 Å². The van der Waals surface area contributed by atoms with Crippen LogP contribution in [0.2, 0.25) is 0 Å². The van der Waals surface area contributed by atoms with E-state index in [1.807, 2.05) is 0 Å². The van der Waals surface area contributed by atoms with E-state index in [1.165, 1.54) is 11.1 Å². The third-order valence-electron chi connectivity index (χ3n) is 5.04. The van der Waals surface area contributed by atoms with Crippen LogP contribution < -0.4 is 10.6 Å². The van der Waals surface area contributed by atoms with Crippen molar-refractivity contribution in [2.75, 3.05) is 19.6 Å². The SMILES string of the molecule is CCCNC(=NCC(c1ccccc1)c1ccccc1)NCCn1cnnc1CC.I. The minimum Gasteiger partial charge on any atom is -0.356 e. The molecule has 0 bridgehead atoms. The third-order valence-corrected chi connectivity index (χ3v) is 5.04. The van der Waals surface area contributed by atoms with Crippen molar-refractivity contribution < 1.29 is 0 Å². The monoisotopic (exact) mass is 532 g/mol. The van der Waals surface area contributed by atoms with Crippen LogP contribution in [0, 0.1) is 0 Å². The van der Waals surface area contributed by atoms with E-state index in [1.54, 1.807) is 6.33 Å². The first-order chi connectivity index (χ1) is 14.8. The summed E-state index contributed by atoms with van der Waals surface area (Å²) in [6.45, 7) is 7.40. The van der Waals surface area contributed by atoms with Crippen LogP contribution in [0.15, 0.2) is 72.0 Å². The number of nitrogens with zero attached hydrogens (tertiary/aromatic N) is 4. The molecule has 1 aromatic heterocycles. The van der Waals surface area contributed by atoms with Gasteiger partial charge in [0.05, 0.1) is 6.54 Å². The predicted octanol–water partition coefficient (Wildman–Crippen LogP) is 4.24. The van der Waals surface area contributed by atoms with Gasteiger partial charge in [0.2, 0.25) is 0 Å². The van der Waals surface area contributed by atoms with Gasteiger partial charge in [-0.1, -0.05) is 74.5 Å². The molecule has 0 spiro atoms. The number of aliphatic imine (C=N–C) groups is 1. The summed E-state index contributed by atoms with van der Waals surface area (Å²) in [5, 5.41) is 15.1. The molecular formula is C24H33IN6. The van der Waals surface area contributed by atoms with E-state index in [4.69, 9.17) is 4.99 Å². The van der Waals surface area contributed by atoms with E-state index in [0.717, 1.165) is 44.3 Å². The largest absolute Gasteiger partial charge is 0.356 e. The van der Waals surface area contributed by atoms with Crippen molar-refractivity contribution in [2.24, 2.45) is 4.99 Å². The molecule has 0 unspecified atom stereocenters. The molecule has 2 aromatic carbocycles. The van der Waals surface area contributed by atoms with Gasteiger partial charge in [-0.3, -0.25) is 4.99 Å². The van der Waals surface area contributed by atoms with Crippen molar-refractivity contribution in [3.8, 4) is 0 Å². The second kappa shape index (κ2) is 13.8. The maximum atomic E-state index is 4.93. The van der Waals surface area contributed by atoms with Gasteiger partial charge in [-0.25, -0.2) is 0 Å². The summed E-state index contributed by atoms with van der Waals surface area (Å²) in [5.74, 6) is 2.07.